The van der Waals surface area contributed by atoms with Crippen LogP contribution >= 0.6 is 15.9 Å². The summed E-state index contributed by atoms with van der Waals surface area (Å²) < 4.78 is 11.6. The zero-order valence-corrected chi connectivity index (χ0v) is 13.5. The number of amides is 1. The van der Waals surface area contributed by atoms with E-state index < -0.39 is 0 Å². The summed E-state index contributed by atoms with van der Waals surface area (Å²) in [4.78, 5) is 13.7. The van der Waals surface area contributed by atoms with Crippen molar-refractivity contribution in [3.05, 3.63) is 22.2 Å². The number of nitrogens with one attached hydrogen (secondary N) is 1. The van der Waals surface area contributed by atoms with E-state index in [1.54, 1.807) is 11.9 Å². The standard InChI is InChI=1S/C14H19BrN2O3/c1-4-17(3)14(18)9(2)16-7-10-5-12-13(6-11(10)15)20-8-19-12/h5-6,9,16H,4,7-8H2,1-3H3. The van der Waals surface area contributed by atoms with Gasteiger partial charge in [0.05, 0.1) is 6.04 Å². The molecule has 20 heavy (non-hydrogen) atoms. The molecule has 0 saturated heterocycles. The maximum atomic E-state index is 12.0. The number of benzene rings is 1. The molecule has 0 saturated carbocycles. The molecule has 1 aliphatic rings. The fourth-order valence-electron chi connectivity index (χ4n) is 1.93. The molecule has 0 aliphatic carbocycles. The van der Waals surface area contributed by atoms with E-state index in [0.29, 0.717) is 13.1 Å². The Bertz CT molecular complexity index is 507. The minimum absolute atomic E-state index is 0.0874. The molecule has 0 aromatic heterocycles. The van der Waals surface area contributed by atoms with Crippen molar-refractivity contribution in [1.82, 2.24) is 10.2 Å². The quantitative estimate of drug-likeness (QED) is 0.890. The average molecular weight is 343 g/mol. The highest BCUT2D eigenvalue weighted by Gasteiger charge is 2.19. The van der Waals surface area contributed by atoms with Crippen LogP contribution in [0, 0.1) is 0 Å². The van der Waals surface area contributed by atoms with Gasteiger partial charge in [-0.3, -0.25) is 4.79 Å². The molecule has 0 fully saturated rings. The lowest BCUT2D eigenvalue weighted by molar-refractivity contribution is -0.131. The number of likely N-dealkylation sites (N-methyl/N-ethyl adjacent to an activating group) is 1. The van der Waals surface area contributed by atoms with Gasteiger partial charge in [0.25, 0.3) is 0 Å². The molecule has 2 rings (SSSR count). The molecule has 1 aliphatic heterocycles. The first kappa shape index (κ1) is 15.1. The third kappa shape index (κ3) is 3.24. The van der Waals surface area contributed by atoms with E-state index in [1.807, 2.05) is 26.0 Å². The van der Waals surface area contributed by atoms with Crippen molar-refractivity contribution < 1.29 is 14.3 Å². The molecular weight excluding hydrogens is 324 g/mol. The Morgan fingerprint density at radius 3 is 2.75 bits per heavy atom. The number of carbonyl (C=O) groups excluding carboxylic acids is 1. The molecule has 1 N–H and O–H groups in total. The fraction of sp³-hybridized carbons (Fsp3) is 0.500. The Morgan fingerprint density at radius 2 is 2.10 bits per heavy atom. The SMILES string of the molecule is CCN(C)C(=O)C(C)NCc1cc2c(cc1Br)OCO2. The van der Waals surface area contributed by atoms with Crippen LogP contribution in [0.1, 0.15) is 19.4 Å². The molecule has 1 amide bonds. The summed E-state index contributed by atoms with van der Waals surface area (Å²) in [6.07, 6.45) is 0. The van der Waals surface area contributed by atoms with Crippen LogP contribution in [0.2, 0.25) is 0 Å². The first-order valence-electron chi connectivity index (χ1n) is 6.59. The highest BCUT2D eigenvalue weighted by Crippen LogP contribution is 2.36. The van der Waals surface area contributed by atoms with Crippen molar-refractivity contribution in [3.8, 4) is 11.5 Å². The summed E-state index contributed by atoms with van der Waals surface area (Å²) >= 11 is 3.51. The Morgan fingerprint density at radius 1 is 1.45 bits per heavy atom. The maximum absolute atomic E-state index is 12.0. The lowest BCUT2D eigenvalue weighted by Crippen LogP contribution is -2.42. The van der Waals surface area contributed by atoms with Crippen molar-refractivity contribution in [1.29, 1.82) is 0 Å². The number of halogens is 1. The summed E-state index contributed by atoms with van der Waals surface area (Å²) in [5.41, 5.74) is 1.04. The van der Waals surface area contributed by atoms with Gasteiger partial charge in [0.15, 0.2) is 11.5 Å². The number of hydrogen-bond acceptors (Lipinski definition) is 4. The second-order valence-electron chi connectivity index (χ2n) is 4.75. The van der Waals surface area contributed by atoms with Gasteiger partial charge in [-0.2, -0.15) is 0 Å². The predicted molar refractivity (Wildman–Crippen MR) is 79.9 cm³/mol. The van der Waals surface area contributed by atoms with Gasteiger partial charge in [0.2, 0.25) is 12.7 Å². The highest BCUT2D eigenvalue weighted by atomic mass is 79.9. The zero-order valence-electron chi connectivity index (χ0n) is 11.9. The first-order chi connectivity index (χ1) is 9.52. The number of fused-ring (bicyclic) bond motifs is 1. The van der Waals surface area contributed by atoms with Crippen LogP contribution in [0.5, 0.6) is 11.5 Å². The van der Waals surface area contributed by atoms with E-state index >= 15 is 0 Å². The van der Waals surface area contributed by atoms with E-state index in [2.05, 4.69) is 21.2 Å². The number of hydrogen-bond donors (Lipinski definition) is 1. The molecular formula is C14H19BrN2O3. The lowest BCUT2D eigenvalue weighted by atomic mass is 10.2. The predicted octanol–water partition coefficient (Wildman–Crippen LogP) is 2.13. The Hall–Kier alpha value is -1.27. The average Bonchev–Trinajstić information content (AvgIpc) is 2.89. The smallest absolute Gasteiger partial charge is 0.239 e. The van der Waals surface area contributed by atoms with Crippen LogP contribution < -0.4 is 14.8 Å². The minimum Gasteiger partial charge on any atom is -0.454 e. The molecule has 0 bridgehead atoms. The maximum Gasteiger partial charge on any atom is 0.239 e. The molecule has 1 unspecified atom stereocenters. The first-order valence-corrected chi connectivity index (χ1v) is 7.38. The van der Waals surface area contributed by atoms with E-state index in [9.17, 15) is 4.79 Å². The Balaban J connectivity index is 1.99. The van der Waals surface area contributed by atoms with Crippen LogP contribution in [0.15, 0.2) is 16.6 Å². The van der Waals surface area contributed by atoms with E-state index in [4.69, 9.17) is 9.47 Å². The molecule has 5 nitrogen and oxygen atoms in total. The summed E-state index contributed by atoms with van der Waals surface area (Å²) in [6, 6.07) is 3.60. The third-order valence-corrected chi connectivity index (χ3v) is 4.10. The van der Waals surface area contributed by atoms with Gasteiger partial charge in [-0.15, -0.1) is 0 Å². The topological polar surface area (TPSA) is 50.8 Å². The van der Waals surface area contributed by atoms with Crippen molar-refractivity contribution in [2.24, 2.45) is 0 Å². The van der Waals surface area contributed by atoms with Gasteiger partial charge in [-0.05, 0) is 31.5 Å². The van der Waals surface area contributed by atoms with E-state index in [0.717, 1.165) is 21.5 Å². The number of ether oxygens (including phenoxy) is 2. The summed E-state index contributed by atoms with van der Waals surface area (Å²) in [5.74, 6) is 1.58. The number of rotatable bonds is 5. The monoisotopic (exact) mass is 342 g/mol. The minimum atomic E-state index is -0.225. The van der Waals surface area contributed by atoms with Crippen molar-refractivity contribution >= 4 is 21.8 Å². The van der Waals surface area contributed by atoms with Gasteiger partial charge < -0.3 is 19.7 Å². The molecule has 1 heterocycles. The van der Waals surface area contributed by atoms with Crippen molar-refractivity contribution in [2.45, 2.75) is 26.4 Å². The summed E-state index contributed by atoms with van der Waals surface area (Å²) in [7, 11) is 1.80. The van der Waals surface area contributed by atoms with Gasteiger partial charge in [-0.25, -0.2) is 0 Å². The molecule has 1 atom stereocenters. The number of nitrogens with zero attached hydrogens (tertiary/aromatic N) is 1. The molecule has 1 aromatic rings. The van der Waals surface area contributed by atoms with E-state index in [1.165, 1.54) is 0 Å². The molecule has 1 aromatic carbocycles. The Kier molecular flexibility index (Phi) is 4.88. The van der Waals surface area contributed by atoms with Crippen LogP contribution in [0.25, 0.3) is 0 Å². The molecule has 110 valence electrons. The van der Waals surface area contributed by atoms with Crippen LogP contribution in [0.3, 0.4) is 0 Å². The zero-order chi connectivity index (χ0) is 14.7. The molecule has 0 spiro atoms. The summed E-state index contributed by atoms with van der Waals surface area (Å²) in [5, 5.41) is 3.23. The fourth-order valence-corrected chi connectivity index (χ4v) is 2.39. The Labute approximate surface area is 127 Å². The molecule has 6 heteroatoms. The lowest BCUT2D eigenvalue weighted by Gasteiger charge is -2.21. The van der Waals surface area contributed by atoms with Crippen molar-refractivity contribution in [3.63, 3.8) is 0 Å². The van der Waals surface area contributed by atoms with Crippen molar-refractivity contribution in [2.75, 3.05) is 20.4 Å². The van der Waals surface area contributed by atoms with Crippen LogP contribution in [-0.2, 0) is 11.3 Å². The second kappa shape index (κ2) is 6.45. The van der Waals surface area contributed by atoms with Gasteiger partial charge in [0.1, 0.15) is 0 Å². The van der Waals surface area contributed by atoms with Gasteiger partial charge >= 0.3 is 0 Å². The third-order valence-electron chi connectivity index (χ3n) is 3.36. The highest BCUT2D eigenvalue weighted by molar-refractivity contribution is 9.10. The number of carbonyl (C=O) groups is 1. The van der Waals surface area contributed by atoms with Crippen LogP contribution in [-0.4, -0.2) is 37.2 Å². The normalized spacial score (nSPS) is 14.2. The second-order valence-corrected chi connectivity index (χ2v) is 5.61. The van der Waals surface area contributed by atoms with E-state index in [-0.39, 0.29) is 18.7 Å². The van der Waals surface area contributed by atoms with Gasteiger partial charge in [0, 0.05) is 24.6 Å². The van der Waals surface area contributed by atoms with Crippen LogP contribution in [0.4, 0.5) is 0 Å². The summed E-state index contributed by atoms with van der Waals surface area (Å²) in [6.45, 7) is 5.38. The molecule has 0 radical (unpaired) electrons. The largest absolute Gasteiger partial charge is 0.454 e. The van der Waals surface area contributed by atoms with Gasteiger partial charge in [-0.1, -0.05) is 15.9 Å².